The van der Waals surface area contributed by atoms with Crippen LogP contribution < -0.4 is 4.74 Å². The van der Waals surface area contributed by atoms with E-state index in [1.807, 2.05) is 48.5 Å². The van der Waals surface area contributed by atoms with Crippen LogP contribution in [0.1, 0.15) is 30.7 Å². The molecule has 0 unspecified atom stereocenters. The Morgan fingerprint density at radius 1 is 0.933 bits per heavy atom. The molecule has 3 aromatic heterocycles. The van der Waals surface area contributed by atoms with E-state index in [0.717, 1.165) is 63.8 Å². The minimum Gasteiger partial charge on any atom is -0.457 e. The van der Waals surface area contributed by atoms with E-state index in [2.05, 4.69) is 9.97 Å². The first-order valence-corrected chi connectivity index (χ1v) is 11.2. The first kappa shape index (κ1) is 19.2. The van der Waals surface area contributed by atoms with Crippen molar-refractivity contribution in [1.82, 2.24) is 15.0 Å². The second-order valence-electron chi connectivity index (χ2n) is 7.75. The number of rotatable bonds is 5. The van der Waals surface area contributed by atoms with Gasteiger partial charge in [0.15, 0.2) is 0 Å². The Hall–Kier alpha value is -2.83. The zero-order chi connectivity index (χ0) is 20.3. The molecule has 0 spiro atoms. The van der Waals surface area contributed by atoms with Crippen molar-refractivity contribution in [2.75, 3.05) is 0 Å². The molecule has 1 aliphatic rings. The molecule has 5 rings (SSSR count). The van der Waals surface area contributed by atoms with E-state index in [-0.39, 0.29) is 6.10 Å². The van der Waals surface area contributed by atoms with Crippen molar-refractivity contribution < 1.29 is 9.84 Å². The van der Waals surface area contributed by atoms with Gasteiger partial charge in [0.2, 0.25) is 0 Å². The van der Waals surface area contributed by atoms with Crippen LogP contribution in [-0.4, -0.2) is 26.2 Å². The van der Waals surface area contributed by atoms with Crippen molar-refractivity contribution >= 4 is 21.6 Å². The third-order valence-electron chi connectivity index (χ3n) is 5.60. The fraction of sp³-hybridized carbons (Fsp3) is 0.292. The molecule has 6 heteroatoms. The van der Waals surface area contributed by atoms with Gasteiger partial charge in [0, 0.05) is 30.9 Å². The summed E-state index contributed by atoms with van der Waals surface area (Å²) in [7, 11) is 0. The first-order chi connectivity index (χ1) is 14.7. The summed E-state index contributed by atoms with van der Waals surface area (Å²) in [5, 5.41) is 11.4. The largest absolute Gasteiger partial charge is 0.457 e. The molecular formula is C24H23N3O2S. The Labute approximate surface area is 179 Å². The van der Waals surface area contributed by atoms with Crippen LogP contribution in [0.3, 0.4) is 0 Å². The highest BCUT2D eigenvalue weighted by Gasteiger charge is 2.24. The molecule has 1 saturated carbocycles. The molecule has 0 bridgehead atoms. The lowest BCUT2D eigenvalue weighted by Crippen LogP contribution is -2.26. The average molecular weight is 418 g/mol. The zero-order valence-electron chi connectivity index (χ0n) is 16.6. The van der Waals surface area contributed by atoms with Crippen LogP contribution in [0, 0.1) is 5.92 Å². The monoisotopic (exact) mass is 417 g/mol. The standard InChI is InChI=1S/C24H23N3O2S/c28-22-7-2-1-5-16(22)13-24-27-20-9-8-17(15-23(20)30-24)29-18-10-12-26-21(14-18)19-6-3-4-11-25-19/h3-4,6,8-12,14-16,22,28H,1-2,5,7,13H2/t16-,22+/m0/s1. The van der Waals surface area contributed by atoms with Gasteiger partial charge in [-0.3, -0.25) is 9.97 Å². The Kier molecular flexibility index (Phi) is 5.43. The number of nitrogens with zero attached hydrogens (tertiary/aromatic N) is 3. The molecule has 0 saturated heterocycles. The van der Waals surface area contributed by atoms with Crippen molar-refractivity contribution in [3.05, 3.63) is 65.9 Å². The Morgan fingerprint density at radius 2 is 1.80 bits per heavy atom. The summed E-state index contributed by atoms with van der Waals surface area (Å²) < 4.78 is 7.20. The summed E-state index contributed by atoms with van der Waals surface area (Å²) in [5.74, 6) is 1.82. The van der Waals surface area contributed by atoms with Crippen molar-refractivity contribution in [3.8, 4) is 22.9 Å². The topological polar surface area (TPSA) is 68.1 Å². The highest BCUT2D eigenvalue weighted by Crippen LogP contribution is 2.33. The Balaban J connectivity index is 1.34. The minimum absolute atomic E-state index is 0.190. The number of benzene rings is 1. The number of ether oxygens (including phenoxy) is 1. The van der Waals surface area contributed by atoms with Crippen LogP contribution in [0.15, 0.2) is 60.9 Å². The van der Waals surface area contributed by atoms with Crippen LogP contribution in [0.25, 0.3) is 21.6 Å². The van der Waals surface area contributed by atoms with E-state index in [1.165, 1.54) is 6.42 Å². The van der Waals surface area contributed by atoms with E-state index in [4.69, 9.17) is 9.72 Å². The number of aromatic nitrogens is 3. The number of thiazole rings is 1. The highest BCUT2D eigenvalue weighted by molar-refractivity contribution is 7.18. The van der Waals surface area contributed by atoms with E-state index in [0.29, 0.717) is 5.92 Å². The van der Waals surface area contributed by atoms with Crippen LogP contribution in [0.4, 0.5) is 0 Å². The maximum absolute atomic E-state index is 10.3. The third-order valence-corrected chi connectivity index (χ3v) is 6.64. The predicted octanol–water partition coefficient (Wildman–Crippen LogP) is 5.64. The van der Waals surface area contributed by atoms with Gasteiger partial charge in [-0.25, -0.2) is 4.98 Å². The number of hydrogen-bond acceptors (Lipinski definition) is 6. The molecule has 1 N–H and O–H groups in total. The SMILES string of the molecule is O[C@@H]1CCCC[C@H]1Cc1nc2ccc(Oc3ccnc(-c4ccccn4)c3)cc2s1. The lowest BCUT2D eigenvalue weighted by molar-refractivity contribution is 0.0700. The van der Waals surface area contributed by atoms with E-state index < -0.39 is 0 Å². The number of aliphatic hydroxyl groups is 1. The molecule has 3 heterocycles. The number of fused-ring (bicyclic) bond motifs is 1. The molecule has 0 aliphatic heterocycles. The molecule has 1 fully saturated rings. The molecular weight excluding hydrogens is 394 g/mol. The Bertz CT molecular complexity index is 1150. The van der Waals surface area contributed by atoms with Gasteiger partial charge in [-0.15, -0.1) is 11.3 Å². The molecule has 30 heavy (non-hydrogen) atoms. The molecule has 5 nitrogen and oxygen atoms in total. The van der Waals surface area contributed by atoms with Crippen molar-refractivity contribution in [2.45, 2.75) is 38.2 Å². The average Bonchev–Trinajstić information content (AvgIpc) is 3.18. The first-order valence-electron chi connectivity index (χ1n) is 10.4. The van der Waals surface area contributed by atoms with Crippen molar-refractivity contribution in [3.63, 3.8) is 0 Å². The van der Waals surface area contributed by atoms with E-state index in [1.54, 1.807) is 23.7 Å². The lowest BCUT2D eigenvalue weighted by atomic mass is 9.84. The molecule has 0 amide bonds. The number of hydrogen-bond donors (Lipinski definition) is 1. The molecule has 152 valence electrons. The molecule has 1 aromatic carbocycles. The van der Waals surface area contributed by atoms with Crippen molar-refractivity contribution in [2.24, 2.45) is 5.92 Å². The van der Waals surface area contributed by atoms with Gasteiger partial charge in [0.1, 0.15) is 11.5 Å². The van der Waals surface area contributed by atoms with E-state index >= 15 is 0 Å². The summed E-state index contributed by atoms with van der Waals surface area (Å²) in [4.78, 5) is 13.5. The maximum Gasteiger partial charge on any atom is 0.131 e. The summed E-state index contributed by atoms with van der Waals surface area (Å²) in [5.41, 5.74) is 2.58. The quantitative estimate of drug-likeness (QED) is 0.455. The molecule has 0 radical (unpaired) electrons. The predicted molar refractivity (Wildman–Crippen MR) is 119 cm³/mol. The summed E-state index contributed by atoms with van der Waals surface area (Å²) in [6.07, 6.45) is 8.50. The fourth-order valence-corrected chi connectivity index (χ4v) is 5.11. The summed E-state index contributed by atoms with van der Waals surface area (Å²) >= 11 is 1.69. The van der Waals surface area contributed by atoms with Crippen LogP contribution in [0.2, 0.25) is 0 Å². The second-order valence-corrected chi connectivity index (χ2v) is 8.86. The van der Waals surface area contributed by atoms with Gasteiger partial charge in [-0.05, 0) is 49.1 Å². The minimum atomic E-state index is -0.190. The van der Waals surface area contributed by atoms with Crippen LogP contribution >= 0.6 is 11.3 Å². The molecule has 2 atom stereocenters. The van der Waals surface area contributed by atoms with E-state index in [9.17, 15) is 5.11 Å². The van der Waals surface area contributed by atoms with Gasteiger partial charge in [-0.2, -0.15) is 0 Å². The van der Waals surface area contributed by atoms with Crippen molar-refractivity contribution in [1.29, 1.82) is 0 Å². The van der Waals surface area contributed by atoms with Gasteiger partial charge in [0.25, 0.3) is 0 Å². The maximum atomic E-state index is 10.3. The van der Waals surface area contributed by atoms with Gasteiger partial charge >= 0.3 is 0 Å². The lowest BCUT2D eigenvalue weighted by Gasteiger charge is -2.26. The smallest absolute Gasteiger partial charge is 0.131 e. The third kappa shape index (κ3) is 4.20. The summed E-state index contributed by atoms with van der Waals surface area (Å²) in [6.45, 7) is 0. The number of pyridine rings is 2. The Morgan fingerprint density at radius 3 is 2.67 bits per heavy atom. The number of aliphatic hydroxyl groups excluding tert-OH is 1. The zero-order valence-corrected chi connectivity index (χ0v) is 17.4. The summed E-state index contributed by atoms with van der Waals surface area (Å²) in [6, 6.07) is 15.5. The van der Waals surface area contributed by atoms with Crippen LogP contribution in [0.5, 0.6) is 11.5 Å². The molecule has 4 aromatic rings. The molecule has 1 aliphatic carbocycles. The van der Waals surface area contributed by atoms with Gasteiger partial charge < -0.3 is 9.84 Å². The normalized spacial score (nSPS) is 19.1. The second kappa shape index (κ2) is 8.50. The highest BCUT2D eigenvalue weighted by atomic mass is 32.1. The van der Waals surface area contributed by atoms with Gasteiger partial charge in [-0.1, -0.05) is 18.9 Å². The van der Waals surface area contributed by atoms with Crippen LogP contribution in [-0.2, 0) is 6.42 Å². The fourth-order valence-electron chi connectivity index (χ4n) is 4.02. The van der Waals surface area contributed by atoms with Gasteiger partial charge in [0.05, 0.1) is 32.7 Å².